The van der Waals surface area contributed by atoms with Crippen LogP contribution in [0.4, 0.5) is 10.5 Å². The molecule has 156 valence electrons. The zero-order valence-corrected chi connectivity index (χ0v) is 17.0. The van der Waals surface area contributed by atoms with Gasteiger partial charge in [0.2, 0.25) is 5.91 Å². The minimum absolute atomic E-state index is 0.103. The van der Waals surface area contributed by atoms with E-state index in [0.29, 0.717) is 37.9 Å². The highest BCUT2D eigenvalue weighted by Crippen LogP contribution is 2.43. The lowest BCUT2D eigenvalue weighted by atomic mass is 9.96. The number of anilines is 1. The molecule has 4 rings (SSSR count). The molecule has 0 aromatic heterocycles. The maximum atomic E-state index is 12.9. The van der Waals surface area contributed by atoms with Gasteiger partial charge in [0.1, 0.15) is 5.54 Å². The predicted octanol–water partition coefficient (Wildman–Crippen LogP) is 2.88. The SMILES string of the molecule is C#CCCC1(CCC(=O)NCc2cccc(N3C(=O)NC(C)(C4CC4)C3=O)c2)N=N1. The van der Waals surface area contributed by atoms with Gasteiger partial charge in [0, 0.05) is 32.2 Å². The summed E-state index contributed by atoms with van der Waals surface area (Å²) in [7, 11) is 0. The Morgan fingerprint density at radius 1 is 1.33 bits per heavy atom. The van der Waals surface area contributed by atoms with E-state index in [0.717, 1.165) is 18.4 Å². The molecular weight excluding hydrogens is 382 g/mol. The van der Waals surface area contributed by atoms with Crippen LogP contribution in [-0.4, -0.2) is 29.0 Å². The Morgan fingerprint density at radius 2 is 2.10 bits per heavy atom. The van der Waals surface area contributed by atoms with Crippen molar-refractivity contribution in [2.24, 2.45) is 16.1 Å². The van der Waals surface area contributed by atoms with Crippen LogP contribution in [0, 0.1) is 18.3 Å². The molecule has 3 aliphatic rings. The number of nitrogens with one attached hydrogen (secondary N) is 2. The molecular formula is C22H25N5O3. The van der Waals surface area contributed by atoms with Gasteiger partial charge in [-0.05, 0) is 43.4 Å². The fourth-order valence-electron chi connectivity index (χ4n) is 3.90. The Morgan fingerprint density at radius 3 is 2.77 bits per heavy atom. The largest absolute Gasteiger partial charge is 0.352 e. The van der Waals surface area contributed by atoms with Crippen molar-refractivity contribution in [3.63, 3.8) is 0 Å². The van der Waals surface area contributed by atoms with Gasteiger partial charge in [-0.25, -0.2) is 9.69 Å². The number of urea groups is 1. The van der Waals surface area contributed by atoms with Crippen molar-refractivity contribution in [3.8, 4) is 12.3 Å². The lowest BCUT2D eigenvalue weighted by Crippen LogP contribution is -2.46. The normalized spacial score (nSPS) is 23.8. The third-order valence-corrected chi connectivity index (χ3v) is 6.07. The second-order valence-corrected chi connectivity index (χ2v) is 8.38. The van der Waals surface area contributed by atoms with Crippen molar-refractivity contribution in [3.05, 3.63) is 29.8 Å². The van der Waals surface area contributed by atoms with Crippen molar-refractivity contribution >= 4 is 23.5 Å². The van der Waals surface area contributed by atoms with Gasteiger partial charge in [-0.3, -0.25) is 9.59 Å². The predicted molar refractivity (Wildman–Crippen MR) is 110 cm³/mol. The van der Waals surface area contributed by atoms with E-state index in [9.17, 15) is 14.4 Å². The summed E-state index contributed by atoms with van der Waals surface area (Å²) in [6.07, 6.45) is 9.29. The molecule has 0 radical (unpaired) electrons. The number of hydrogen-bond donors (Lipinski definition) is 2. The lowest BCUT2D eigenvalue weighted by molar-refractivity contribution is -0.122. The van der Waals surface area contributed by atoms with E-state index in [1.807, 2.05) is 6.07 Å². The lowest BCUT2D eigenvalue weighted by Gasteiger charge is -2.21. The fraction of sp³-hybridized carbons (Fsp3) is 0.500. The second-order valence-electron chi connectivity index (χ2n) is 8.38. The summed E-state index contributed by atoms with van der Waals surface area (Å²) in [6, 6.07) is 6.72. The minimum atomic E-state index is -0.824. The quantitative estimate of drug-likeness (QED) is 0.486. The van der Waals surface area contributed by atoms with Crippen LogP contribution >= 0.6 is 0 Å². The summed E-state index contributed by atoms with van der Waals surface area (Å²) in [4.78, 5) is 38.8. The van der Waals surface area contributed by atoms with Gasteiger partial charge >= 0.3 is 6.03 Å². The summed E-state index contributed by atoms with van der Waals surface area (Å²) >= 11 is 0. The molecule has 0 spiro atoms. The number of benzene rings is 1. The molecule has 30 heavy (non-hydrogen) atoms. The van der Waals surface area contributed by atoms with E-state index < -0.39 is 17.2 Å². The van der Waals surface area contributed by atoms with Crippen molar-refractivity contribution in [1.82, 2.24) is 10.6 Å². The van der Waals surface area contributed by atoms with E-state index in [-0.39, 0.29) is 17.7 Å². The van der Waals surface area contributed by atoms with Gasteiger partial charge in [-0.15, -0.1) is 12.3 Å². The van der Waals surface area contributed by atoms with Gasteiger partial charge < -0.3 is 10.6 Å². The molecule has 8 nitrogen and oxygen atoms in total. The summed E-state index contributed by atoms with van der Waals surface area (Å²) in [5.74, 6) is 2.45. The van der Waals surface area contributed by atoms with Gasteiger partial charge in [0.25, 0.3) is 5.91 Å². The van der Waals surface area contributed by atoms with Gasteiger partial charge in [0.05, 0.1) is 5.69 Å². The highest BCUT2D eigenvalue weighted by atomic mass is 16.2. The first-order valence-corrected chi connectivity index (χ1v) is 10.3. The maximum absolute atomic E-state index is 12.9. The van der Waals surface area contributed by atoms with E-state index >= 15 is 0 Å². The number of carbonyl (C=O) groups is 3. The molecule has 1 aromatic rings. The smallest absolute Gasteiger partial charge is 0.329 e. The molecule has 1 saturated carbocycles. The van der Waals surface area contributed by atoms with Crippen molar-refractivity contribution in [2.75, 3.05) is 4.90 Å². The number of rotatable bonds is 9. The van der Waals surface area contributed by atoms with Crippen LogP contribution < -0.4 is 15.5 Å². The summed E-state index contributed by atoms with van der Waals surface area (Å²) in [5.41, 5.74) is 0.0263. The van der Waals surface area contributed by atoms with Crippen LogP contribution in [-0.2, 0) is 16.1 Å². The van der Waals surface area contributed by atoms with E-state index in [4.69, 9.17) is 6.42 Å². The number of nitrogens with zero attached hydrogens (tertiary/aromatic N) is 3. The van der Waals surface area contributed by atoms with E-state index in [1.165, 1.54) is 4.90 Å². The van der Waals surface area contributed by atoms with E-state index in [1.54, 1.807) is 25.1 Å². The summed E-state index contributed by atoms with van der Waals surface area (Å²) in [6.45, 7) is 2.10. The molecule has 8 heteroatoms. The topological polar surface area (TPSA) is 103 Å². The summed E-state index contributed by atoms with van der Waals surface area (Å²) < 4.78 is 0. The van der Waals surface area contributed by atoms with Crippen molar-refractivity contribution < 1.29 is 14.4 Å². The van der Waals surface area contributed by atoms with Gasteiger partial charge in [-0.2, -0.15) is 10.2 Å². The second kappa shape index (κ2) is 7.56. The molecule has 1 atom stereocenters. The number of imide groups is 1. The Kier molecular flexibility index (Phi) is 5.06. The minimum Gasteiger partial charge on any atom is -0.352 e. The zero-order chi connectivity index (χ0) is 21.4. The number of terminal acetylenes is 1. The molecule has 2 N–H and O–H groups in total. The van der Waals surface area contributed by atoms with Gasteiger partial charge in [0.15, 0.2) is 5.66 Å². The van der Waals surface area contributed by atoms with E-state index in [2.05, 4.69) is 26.8 Å². The zero-order valence-electron chi connectivity index (χ0n) is 17.0. The van der Waals surface area contributed by atoms with Crippen molar-refractivity contribution in [1.29, 1.82) is 0 Å². The highest BCUT2D eigenvalue weighted by Gasteiger charge is 2.56. The standard InChI is InChI=1S/C22H25N5O3/c1-3-4-11-22(25-26-22)12-10-18(28)23-14-15-6-5-7-17(13-15)27-19(29)21(2,16-8-9-16)24-20(27)30/h1,5-7,13,16H,4,8-12,14H2,2H3,(H,23,28)(H,24,30). The Bertz CT molecular complexity index is 956. The van der Waals surface area contributed by atoms with Crippen LogP contribution in [0.15, 0.2) is 34.5 Å². The molecule has 2 heterocycles. The monoisotopic (exact) mass is 407 g/mol. The third kappa shape index (κ3) is 3.92. The average molecular weight is 407 g/mol. The van der Waals surface area contributed by atoms with Gasteiger partial charge in [-0.1, -0.05) is 12.1 Å². The average Bonchev–Trinajstić information content (AvgIpc) is 3.64. The number of amides is 4. The third-order valence-electron chi connectivity index (χ3n) is 6.07. The van der Waals surface area contributed by atoms with Crippen LogP contribution in [0.2, 0.25) is 0 Å². The van der Waals surface area contributed by atoms with Crippen LogP contribution in [0.25, 0.3) is 0 Å². The molecule has 2 aliphatic heterocycles. The summed E-state index contributed by atoms with van der Waals surface area (Å²) in [5, 5.41) is 13.8. The molecule has 1 aliphatic carbocycles. The molecule has 1 saturated heterocycles. The number of carbonyl (C=O) groups excluding carboxylic acids is 3. The van der Waals surface area contributed by atoms with Crippen LogP contribution in [0.1, 0.15) is 51.0 Å². The van der Waals surface area contributed by atoms with Crippen LogP contribution in [0.5, 0.6) is 0 Å². The first kappa shape index (κ1) is 20.1. The molecule has 1 unspecified atom stereocenters. The number of hydrogen-bond acceptors (Lipinski definition) is 5. The molecule has 4 amide bonds. The molecule has 1 aromatic carbocycles. The Labute approximate surface area is 175 Å². The fourth-order valence-corrected chi connectivity index (χ4v) is 3.90. The first-order chi connectivity index (χ1) is 14.4. The Balaban J connectivity index is 1.33. The molecule has 0 bridgehead atoms. The first-order valence-electron chi connectivity index (χ1n) is 10.3. The van der Waals surface area contributed by atoms with Crippen molar-refractivity contribution in [2.45, 2.75) is 63.2 Å². The molecule has 2 fully saturated rings. The highest BCUT2D eigenvalue weighted by molar-refractivity contribution is 6.23. The maximum Gasteiger partial charge on any atom is 0.329 e. The Hall–Kier alpha value is -3.21. The van der Waals surface area contributed by atoms with Crippen LogP contribution in [0.3, 0.4) is 0 Å².